The predicted molar refractivity (Wildman–Crippen MR) is 65.1 cm³/mol. The Hall–Kier alpha value is -0.530. The molecule has 0 aliphatic rings. The Bertz CT molecular complexity index is 372. The van der Waals surface area contributed by atoms with Crippen LogP contribution in [0.2, 0.25) is 10.0 Å². The molecule has 0 radical (unpaired) electrons. The van der Waals surface area contributed by atoms with Gasteiger partial charge in [-0.3, -0.25) is 4.79 Å². The molecule has 0 unspecified atom stereocenters. The molecule has 0 atom stereocenters. The van der Waals surface area contributed by atoms with Gasteiger partial charge in [0.2, 0.25) is 0 Å². The molecule has 0 bridgehead atoms. The summed E-state index contributed by atoms with van der Waals surface area (Å²) in [6.45, 7) is 3.92. The van der Waals surface area contributed by atoms with E-state index in [0.717, 1.165) is 18.4 Å². The SMILES string of the molecule is CCCc1cc(Cl)c(Cl)cc1C(=O)CC. The Morgan fingerprint density at radius 2 is 1.80 bits per heavy atom. The van der Waals surface area contributed by atoms with E-state index < -0.39 is 0 Å². The lowest BCUT2D eigenvalue weighted by Crippen LogP contribution is -2.02. The molecular formula is C12H14Cl2O. The average Bonchev–Trinajstić information content (AvgIpc) is 2.22. The van der Waals surface area contributed by atoms with Crippen molar-refractivity contribution in [3.05, 3.63) is 33.3 Å². The summed E-state index contributed by atoms with van der Waals surface area (Å²) in [4.78, 5) is 11.7. The summed E-state index contributed by atoms with van der Waals surface area (Å²) < 4.78 is 0. The second-order valence-corrected chi connectivity index (χ2v) is 4.26. The minimum absolute atomic E-state index is 0.122. The molecule has 0 aromatic heterocycles. The highest BCUT2D eigenvalue weighted by atomic mass is 35.5. The smallest absolute Gasteiger partial charge is 0.162 e. The summed E-state index contributed by atoms with van der Waals surface area (Å²) in [6, 6.07) is 3.48. The zero-order valence-corrected chi connectivity index (χ0v) is 10.5. The van der Waals surface area contributed by atoms with Gasteiger partial charge in [-0.1, -0.05) is 43.5 Å². The summed E-state index contributed by atoms with van der Waals surface area (Å²) in [6.07, 6.45) is 2.34. The summed E-state index contributed by atoms with van der Waals surface area (Å²) in [5.41, 5.74) is 1.72. The lowest BCUT2D eigenvalue weighted by atomic mass is 9.99. The van der Waals surface area contributed by atoms with Crippen molar-refractivity contribution in [2.75, 3.05) is 0 Å². The van der Waals surface area contributed by atoms with Crippen LogP contribution in [0.4, 0.5) is 0 Å². The van der Waals surface area contributed by atoms with E-state index in [0.29, 0.717) is 22.0 Å². The number of aryl methyl sites for hydroxylation is 1. The Morgan fingerprint density at radius 1 is 1.20 bits per heavy atom. The molecule has 0 saturated heterocycles. The van der Waals surface area contributed by atoms with E-state index in [1.54, 1.807) is 12.1 Å². The van der Waals surface area contributed by atoms with Gasteiger partial charge < -0.3 is 0 Å². The van der Waals surface area contributed by atoms with Crippen molar-refractivity contribution in [2.24, 2.45) is 0 Å². The van der Waals surface area contributed by atoms with Gasteiger partial charge in [-0.25, -0.2) is 0 Å². The van der Waals surface area contributed by atoms with E-state index in [1.165, 1.54) is 0 Å². The summed E-state index contributed by atoms with van der Waals surface area (Å²) >= 11 is 11.8. The fourth-order valence-electron chi connectivity index (χ4n) is 1.51. The molecule has 0 fully saturated rings. The van der Waals surface area contributed by atoms with Crippen molar-refractivity contribution in [3.8, 4) is 0 Å². The number of hydrogen-bond acceptors (Lipinski definition) is 1. The lowest BCUT2D eigenvalue weighted by Gasteiger charge is -2.08. The lowest BCUT2D eigenvalue weighted by molar-refractivity contribution is 0.0987. The second kappa shape index (κ2) is 5.53. The van der Waals surface area contributed by atoms with Crippen LogP contribution in [0, 0.1) is 0 Å². The fraction of sp³-hybridized carbons (Fsp3) is 0.417. The van der Waals surface area contributed by atoms with E-state index in [2.05, 4.69) is 6.92 Å². The third kappa shape index (κ3) is 2.96. The monoisotopic (exact) mass is 244 g/mol. The Kier molecular flexibility index (Phi) is 4.62. The first kappa shape index (κ1) is 12.5. The van der Waals surface area contributed by atoms with Gasteiger partial charge in [-0.05, 0) is 24.1 Å². The Balaban J connectivity index is 3.21. The summed E-state index contributed by atoms with van der Waals surface area (Å²) in [7, 11) is 0. The largest absolute Gasteiger partial charge is 0.294 e. The van der Waals surface area contributed by atoms with E-state index in [9.17, 15) is 4.79 Å². The van der Waals surface area contributed by atoms with Crippen LogP contribution in [0.5, 0.6) is 0 Å². The van der Waals surface area contributed by atoms with Gasteiger partial charge in [-0.2, -0.15) is 0 Å². The molecule has 1 rings (SSSR count). The van der Waals surface area contributed by atoms with Crippen LogP contribution in [-0.2, 0) is 6.42 Å². The molecule has 82 valence electrons. The first-order chi connectivity index (χ1) is 7.10. The van der Waals surface area contributed by atoms with Gasteiger partial charge in [0.25, 0.3) is 0 Å². The van der Waals surface area contributed by atoms with Crippen LogP contribution in [0.1, 0.15) is 42.6 Å². The van der Waals surface area contributed by atoms with Gasteiger partial charge in [-0.15, -0.1) is 0 Å². The molecule has 0 heterocycles. The molecule has 15 heavy (non-hydrogen) atoms. The highest BCUT2D eigenvalue weighted by molar-refractivity contribution is 6.42. The van der Waals surface area contributed by atoms with E-state index >= 15 is 0 Å². The zero-order valence-electron chi connectivity index (χ0n) is 8.94. The topological polar surface area (TPSA) is 17.1 Å². The Labute approximate surface area is 100 Å². The predicted octanol–water partition coefficient (Wildman–Crippen LogP) is 4.54. The molecule has 1 aromatic carbocycles. The number of ketones is 1. The van der Waals surface area contributed by atoms with E-state index in [-0.39, 0.29) is 5.78 Å². The molecule has 0 N–H and O–H groups in total. The van der Waals surface area contributed by atoms with Crippen molar-refractivity contribution >= 4 is 29.0 Å². The number of rotatable bonds is 4. The molecule has 1 aromatic rings. The first-order valence-corrected chi connectivity index (χ1v) is 5.86. The van der Waals surface area contributed by atoms with Crippen LogP contribution in [0.15, 0.2) is 12.1 Å². The van der Waals surface area contributed by atoms with Crippen LogP contribution < -0.4 is 0 Å². The summed E-state index contributed by atoms with van der Waals surface area (Å²) in [5.74, 6) is 0.122. The molecule has 0 aliphatic carbocycles. The highest BCUT2D eigenvalue weighted by Gasteiger charge is 2.12. The number of halogens is 2. The third-order valence-corrected chi connectivity index (χ3v) is 3.01. The van der Waals surface area contributed by atoms with Gasteiger partial charge >= 0.3 is 0 Å². The molecule has 3 heteroatoms. The first-order valence-electron chi connectivity index (χ1n) is 5.11. The number of Topliss-reactive ketones (excluding diaryl/α,β-unsaturated/α-hetero) is 1. The standard InChI is InChI=1S/C12H14Cl2O/c1-3-5-8-6-10(13)11(14)7-9(8)12(15)4-2/h6-7H,3-5H2,1-2H3. The highest BCUT2D eigenvalue weighted by Crippen LogP contribution is 2.27. The zero-order chi connectivity index (χ0) is 11.4. The maximum atomic E-state index is 11.7. The quantitative estimate of drug-likeness (QED) is 0.712. The molecule has 0 spiro atoms. The van der Waals surface area contributed by atoms with Crippen LogP contribution >= 0.6 is 23.2 Å². The van der Waals surface area contributed by atoms with Gasteiger partial charge in [0.05, 0.1) is 10.0 Å². The minimum atomic E-state index is 0.122. The molecule has 1 nitrogen and oxygen atoms in total. The van der Waals surface area contributed by atoms with Crippen molar-refractivity contribution in [1.82, 2.24) is 0 Å². The van der Waals surface area contributed by atoms with Gasteiger partial charge in [0.1, 0.15) is 0 Å². The third-order valence-electron chi connectivity index (χ3n) is 2.29. The van der Waals surface area contributed by atoms with Crippen molar-refractivity contribution in [1.29, 1.82) is 0 Å². The van der Waals surface area contributed by atoms with Crippen molar-refractivity contribution in [3.63, 3.8) is 0 Å². The average molecular weight is 245 g/mol. The number of benzene rings is 1. The molecule has 0 amide bonds. The molecule has 0 aliphatic heterocycles. The van der Waals surface area contributed by atoms with E-state index in [1.807, 2.05) is 6.92 Å². The summed E-state index contributed by atoms with van der Waals surface area (Å²) in [5, 5.41) is 0.973. The van der Waals surface area contributed by atoms with Crippen LogP contribution in [-0.4, -0.2) is 5.78 Å². The number of carbonyl (C=O) groups excluding carboxylic acids is 1. The number of hydrogen-bond donors (Lipinski definition) is 0. The second-order valence-electron chi connectivity index (χ2n) is 3.45. The van der Waals surface area contributed by atoms with Crippen molar-refractivity contribution < 1.29 is 4.79 Å². The van der Waals surface area contributed by atoms with Gasteiger partial charge in [0, 0.05) is 12.0 Å². The molecule has 0 saturated carbocycles. The fourth-order valence-corrected chi connectivity index (χ4v) is 1.86. The maximum absolute atomic E-state index is 11.7. The van der Waals surface area contributed by atoms with Gasteiger partial charge in [0.15, 0.2) is 5.78 Å². The van der Waals surface area contributed by atoms with Crippen LogP contribution in [0.3, 0.4) is 0 Å². The normalized spacial score (nSPS) is 10.4. The van der Waals surface area contributed by atoms with Crippen LogP contribution in [0.25, 0.3) is 0 Å². The van der Waals surface area contributed by atoms with Crippen molar-refractivity contribution in [2.45, 2.75) is 33.1 Å². The van der Waals surface area contributed by atoms with E-state index in [4.69, 9.17) is 23.2 Å². The molecular weight excluding hydrogens is 231 g/mol. The maximum Gasteiger partial charge on any atom is 0.162 e. The number of carbonyl (C=O) groups is 1. The Morgan fingerprint density at radius 3 is 2.33 bits per heavy atom. The minimum Gasteiger partial charge on any atom is -0.294 e.